The molecular formula is C26H25NO2. The molecule has 1 aliphatic heterocycles. The number of fused-ring (bicyclic) bond motifs is 1. The summed E-state index contributed by atoms with van der Waals surface area (Å²) in [6.45, 7) is 5.38. The highest BCUT2D eigenvalue weighted by Crippen LogP contribution is 2.38. The molecule has 0 atom stereocenters. The molecule has 0 aromatic heterocycles. The molecule has 0 N–H and O–H groups in total. The Morgan fingerprint density at radius 2 is 1.66 bits per heavy atom. The van der Waals surface area contributed by atoms with Gasteiger partial charge in [0.25, 0.3) is 5.91 Å². The highest BCUT2D eigenvalue weighted by molar-refractivity contribution is 6.35. The van der Waals surface area contributed by atoms with Crippen LogP contribution < -0.4 is 9.64 Å². The van der Waals surface area contributed by atoms with Crippen molar-refractivity contribution in [1.82, 2.24) is 0 Å². The van der Waals surface area contributed by atoms with E-state index in [1.807, 2.05) is 59.5 Å². The van der Waals surface area contributed by atoms with Crippen molar-refractivity contribution in [1.29, 1.82) is 0 Å². The van der Waals surface area contributed by atoms with Gasteiger partial charge in [0, 0.05) is 23.2 Å². The van der Waals surface area contributed by atoms with Crippen LogP contribution in [0.4, 0.5) is 5.69 Å². The van der Waals surface area contributed by atoms with Crippen molar-refractivity contribution in [2.75, 3.05) is 11.4 Å². The third-order valence-electron chi connectivity index (χ3n) is 5.14. The molecule has 1 heterocycles. The number of hydrogen-bond acceptors (Lipinski definition) is 2. The van der Waals surface area contributed by atoms with Crippen LogP contribution in [0.3, 0.4) is 0 Å². The molecule has 0 unspecified atom stereocenters. The molecule has 0 spiro atoms. The zero-order valence-corrected chi connectivity index (χ0v) is 16.9. The number of ether oxygens (including phenoxy) is 1. The van der Waals surface area contributed by atoms with E-state index in [-0.39, 0.29) is 5.91 Å². The minimum absolute atomic E-state index is 0.0568. The number of para-hydroxylation sites is 2. The predicted molar refractivity (Wildman–Crippen MR) is 119 cm³/mol. The highest BCUT2D eigenvalue weighted by atomic mass is 16.5. The zero-order valence-electron chi connectivity index (χ0n) is 16.9. The van der Waals surface area contributed by atoms with Crippen LogP contribution in [0.15, 0.2) is 72.8 Å². The van der Waals surface area contributed by atoms with Crippen LogP contribution in [0, 0.1) is 6.92 Å². The van der Waals surface area contributed by atoms with E-state index in [0.29, 0.717) is 6.61 Å². The van der Waals surface area contributed by atoms with Crippen molar-refractivity contribution in [2.24, 2.45) is 0 Å². The van der Waals surface area contributed by atoms with Crippen molar-refractivity contribution in [3.8, 4) is 5.75 Å². The largest absolute Gasteiger partial charge is 0.488 e. The standard InChI is InChI=1S/C26H25NO2/c1-3-16-27-24-10-6-5-9-22(24)23(26(27)28)17-21-8-4-7-11-25(21)29-18-20-14-12-19(2)13-15-20/h4-15,17H,3,16,18H2,1-2H3/b23-17-. The topological polar surface area (TPSA) is 29.5 Å². The Hall–Kier alpha value is -3.33. The van der Waals surface area contributed by atoms with Crippen molar-refractivity contribution < 1.29 is 9.53 Å². The van der Waals surface area contributed by atoms with Crippen molar-refractivity contribution in [2.45, 2.75) is 26.9 Å². The van der Waals surface area contributed by atoms with Crippen LogP contribution in [0.25, 0.3) is 11.6 Å². The summed E-state index contributed by atoms with van der Waals surface area (Å²) in [4.78, 5) is 15.0. The predicted octanol–water partition coefficient (Wildman–Crippen LogP) is 5.87. The van der Waals surface area contributed by atoms with Gasteiger partial charge in [-0.25, -0.2) is 0 Å². The van der Waals surface area contributed by atoms with Crippen molar-refractivity contribution in [3.63, 3.8) is 0 Å². The normalized spacial score (nSPS) is 14.3. The molecular weight excluding hydrogens is 358 g/mol. The van der Waals surface area contributed by atoms with E-state index < -0.39 is 0 Å². The first-order chi connectivity index (χ1) is 14.2. The van der Waals surface area contributed by atoms with Gasteiger partial charge in [0.2, 0.25) is 0 Å². The third-order valence-corrected chi connectivity index (χ3v) is 5.14. The monoisotopic (exact) mass is 383 g/mol. The lowest BCUT2D eigenvalue weighted by molar-refractivity contribution is -0.113. The van der Waals surface area contributed by atoms with E-state index in [1.54, 1.807) is 0 Å². The SMILES string of the molecule is CCCN1C(=O)/C(=C\c2ccccc2OCc2ccc(C)cc2)c2ccccc21. The quantitative estimate of drug-likeness (QED) is 0.498. The van der Waals surface area contributed by atoms with Crippen LogP contribution >= 0.6 is 0 Å². The molecule has 0 fully saturated rings. The van der Waals surface area contributed by atoms with E-state index in [1.165, 1.54) is 5.56 Å². The molecule has 3 nitrogen and oxygen atoms in total. The van der Waals surface area contributed by atoms with Crippen molar-refractivity contribution in [3.05, 3.63) is 95.1 Å². The maximum absolute atomic E-state index is 13.1. The van der Waals surface area contributed by atoms with Gasteiger partial charge in [-0.2, -0.15) is 0 Å². The number of carbonyl (C=O) groups excluding carboxylic acids is 1. The Kier molecular flexibility index (Phi) is 5.48. The molecule has 3 aromatic carbocycles. The van der Waals surface area contributed by atoms with Crippen molar-refractivity contribution >= 4 is 23.2 Å². The van der Waals surface area contributed by atoms with Gasteiger partial charge in [-0.3, -0.25) is 4.79 Å². The first-order valence-electron chi connectivity index (χ1n) is 10.1. The van der Waals surface area contributed by atoms with Gasteiger partial charge in [-0.05, 0) is 37.1 Å². The maximum Gasteiger partial charge on any atom is 0.258 e. The van der Waals surface area contributed by atoms with Gasteiger partial charge < -0.3 is 9.64 Å². The summed E-state index contributed by atoms with van der Waals surface area (Å²) in [5.74, 6) is 0.834. The van der Waals surface area contributed by atoms with Gasteiger partial charge in [-0.1, -0.05) is 73.2 Å². The molecule has 0 aliphatic carbocycles. The Bertz CT molecular complexity index is 1050. The molecule has 0 bridgehead atoms. The summed E-state index contributed by atoms with van der Waals surface area (Å²) in [5, 5.41) is 0. The molecule has 0 saturated carbocycles. The number of hydrogen-bond donors (Lipinski definition) is 0. The number of carbonyl (C=O) groups is 1. The number of rotatable bonds is 6. The highest BCUT2D eigenvalue weighted by Gasteiger charge is 2.31. The Morgan fingerprint density at radius 3 is 2.45 bits per heavy atom. The second kappa shape index (κ2) is 8.36. The zero-order chi connectivity index (χ0) is 20.2. The fraction of sp³-hybridized carbons (Fsp3) is 0.192. The number of anilines is 1. The van der Waals surface area contributed by atoms with Crippen LogP contribution in [0.1, 0.15) is 35.6 Å². The summed E-state index contributed by atoms with van der Waals surface area (Å²) in [6, 6.07) is 24.2. The summed E-state index contributed by atoms with van der Waals surface area (Å²) in [5.41, 5.74) is 5.96. The first-order valence-corrected chi connectivity index (χ1v) is 10.1. The molecule has 3 aromatic rings. The van der Waals surface area contributed by atoms with E-state index in [9.17, 15) is 4.79 Å². The number of aryl methyl sites for hydroxylation is 1. The van der Waals surface area contributed by atoms with E-state index in [2.05, 4.69) is 38.1 Å². The molecule has 4 rings (SSSR count). The summed E-state index contributed by atoms with van der Waals surface area (Å²) in [6.07, 6.45) is 2.88. The average Bonchev–Trinajstić information content (AvgIpc) is 3.01. The van der Waals surface area contributed by atoms with E-state index in [4.69, 9.17) is 4.74 Å². The smallest absolute Gasteiger partial charge is 0.258 e. The van der Waals surface area contributed by atoms with Gasteiger partial charge >= 0.3 is 0 Å². The molecule has 0 saturated heterocycles. The van der Waals surface area contributed by atoms with Gasteiger partial charge in [-0.15, -0.1) is 0 Å². The van der Waals surface area contributed by atoms with Crippen LogP contribution in [-0.4, -0.2) is 12.5 Å². The average molecular weight is 383 g/mol. The summed E-state index contributed by atoms with van der Waals surface area (Å²) in [7, 11) is 0. The summed E-state index contributed by atoms with van der Waals surface area (Å²) >= 11 is 0. The summed E-state index contributed by atoms with van der Waals surface area (Å²) < 4.78 is 6.10. The van der Waals surface area contributed by atoms with Crippen LogP contribution in [-0.2, 0) is 11.4 Å². The Balaban J connectivity index is 1.64. The molecule has 1 amide bonds. The van der Waals surface area contributed by atoms with Gasteiger partial charge in [0.15, 0.2) is 0 Å². The molecule has 3 heteroatoms. The van der Waals surface area contributed by atoms with E-state index >= 15 is 0 Å². The van der Waals surface area contributed by atoms with E-state index in [0.717, 1.165) is 46.7 Å². The maximum atomic E-state index is 13.1. The molecule has 146 valence electrons. The minimum Gasteiger partial charge on any atom is -0.488 e. The van der Waals surface area contributed by atoms with Gasteiger partial charge in [0.05, 0.1) is 5.69 Å². The Labute approximate surface area is 172 Å². The lowest BCUT2D eigenvalue weighted by Gasteiger charge is -2.15. The molecule has 29 heavy (non-hydrogen) atoms. The fourth-order valence-corrected chi connectivity index (χ4v) is 3.62. The third kappa shape index (κ3) is 3.95. The van der Waals surface area contributed by atoms with Crippen LogP contribution in [0.5, 0.6) is 5.75 Å². The first kappa shape index (κ1) is 19.0. The lowest BCUT2D eigenvalue weighted by Crippen LogP contribution is -2.26. The lowest BCUT2D eigenvalue weighted by atomic mass is 10.0. The minimum atomic E-state index is 0.0568. The molecule has 1 aliphatic rings. The number of benzene rings is 3. The second-order valence-corrected chi connectivity index (χ2v) is 7.34. The Morgan fingerprint density at radius 1 is 0.931 bits per heavy atom. The second-order valence-electron chi connectivity index (χ2n) is 7.34. The number of nitrogens with zero attached hydrogens (tertiary/aromatic N) is 1. The molecule has 0 radical (unpaired) electrons. The van der Waals surface area contributed by atoms with Crippen LogP contribution in [0.2, 0.25) is 0 Å². The number of amides is 1. The fourth-order valence-electron chi connectivity index (χ4n) is 3.62. The van der Waals surface area contributed by atoms with Gasteiger partial charge in [0.1, 0.15) is 12.4 Å².